The molecular weight excluding hydrogens is 344 g/mol. The van der Waals surface area contributed by atoms with Crippen LogP contribution in [0.4, 0.5) is 5.69 Å². The van der Waals surface area contributed by atoms with Gasteiger partial charge in [0.2, 0.25) is 0 Å². The van der Waals surface area contributed by atoms with Crippen LogP contribution >= 0.6 is 0 Å². The van der Waals surface area contributed by atoms with Crippen molar-refractivity contribution in [1.82, 2.24) is 0 Å². The quantitative estimate of drug-likeness (QED) is 0.335. The van der Waals surface area contributed by atoms with E-state index in [-0.39, 0.29) is 11.5 Å². The molecule has 0 atom stereocenters. The van der Waals surface area contributed by atoms with Gasteiger partial charge in [0.1, 0.15) is 18.1 Å². The van der Waals surface area contributed by atoms with E-state index < -0.39 is 0 Å². The third kappa shape index (κ3) is 4.30. The maximum Gasteiger partial charge on any atom is 0.159 e. The van der Waals surface area contributed by atoms with Crippen LogP contribution in [-0.2, 0) is 17.9 Å². The molecule has 0 aliphatic heterocycles. The number of methoxy groups -OCH3 is 1. The van der Waals surface area contributed by atoms with E-state index in [1.54, 1.807) is 14.2 Å². The summed E-state index contributed by atoms with van der Waals surface area (Å²) in [6, 6.07) is 16.5. The second kappa shape index (κ2) is 8.42. The number of phenols is 2. The lowest BCUT2D eigenvalue weighted by Gasteiger charge is -2.14. The summed E-state index contributed by atoms with van der Waals surface area (Å²) in [5.41, 5.74) is 2.91. The molecule has 3 aromatic rings. The van der Waals surface area contributed by atoms with Crippen molar-refractivity contribution >= 4 is 11.4 Å². The first-order valence-electron chi connectivity index (χ1n) is 8.51. The zero-order chi connectivity index (χ0) is 19.2. The fourth-order valence-electron chi connectivity index (χ4n) is 2.80. The normalized spacial score (nSPS) is 11.6. The van der Waals surface area contributed by atoms with Gasteiger partial charge in [0, 0.05) is 38.0 Å². The average Bonchev–Trinajstić information content (AvgIpc) is 3.13. The summed E-state index contributed by atoms with van der Waals surface area (Å²) < 4.78 is 10.9. The number of aliphatic imine (C=N–C) groups is 1. The maximum atomic E-state index is 10.0. The Labute approximate surface area is 157 Å². The zero-order valence-corrected chi connectivity index (χ0v) is 15.3. The number of nitrogens with one attached hydrogen (secondary N) is 1. The third-order valence-corrected chi connectivity index (χ3v) is 4.10. The Kier molecular flexibility index (Phi) is 5.78. The highest BCUT2D eigenvalue weighted by atomic mass is 16.5. The lowest BCUT2D eigenvalue weighted by atomic mass is 10.0. The van der Waals surface area contributed by atoms with E-state index in [9.17, 15) is 10.2 Å². The first kappa shape index (κ1) is 18.5. The van der Waals surface area contributed by atoms with Gasteiger partial charge in [0.05, 0.1) is 0 Å². The van der Waals surface area contributed by atoms with Gasteiger partial charge in [-0.2, -0.15) is 0 Å². The predicted octanol–water partition coefficient (Wildman–Crippen LogP) is 3.92. The van der Waals surface area contributed by atoms with E-state index in [0.717, 1.165) is 5.56 Å². The Bertz CT molecular complexity index is 933. The smallest absolute Gasteiger partial charge is 0.159 e. The van der Waals surface area contributed by atoms with Crippen molar-refractivity contribution in [2.45, 2.75) is 13.2 Å². The highest BCUT2D eigenvalue weighted by Crippen LogP contribution is 2.33. The van der Waals surface area contributed by atoms with Crippen molar-refractivity contribution < 1.29 is 19.4 Å². The topological polar surface area (TPSA) is 87.2 Å². The van der Waals surface area contributed by atoms with Crippen LogP contribution in [0.1, 0.15) is 22.6 Å². The van der Waals surface area contributed by atoms with Crippen molar-refractivity contribution in [3.63, 3.8) is 0 Å². The van der Waals surface area contributed by atoms with Crippen molar-refractivity contribution in [1.29, 1.82) is 0 Å². The summed E-state index contributed by atoms with van der Waals surface area (Å²) in [6.45, 7) is 0.916. The molecule has 1 heterocycles. The summed E-state index contributed by atoms with van der Waals surface area (Å²) in [5, 5.41) is 23.3. The molecule has 3 N–H and O–H groups in total. The van der Waals surface area contributed by atoms with Gasteiger partial charge in [0.25, 0.3) is 0 Å². The Balaban J connectivity index is 1.95. The van der Waals surface area contributed by atoms with Crippen LogP contribution in [0.15, 0.2) is 64.0 Å². The fraction of sp³-hybridized carbons (Fsp3) is 0.190. The van der Waals surface area contributed by atoms with Gasteiger partial charge in [-0.05, 0) is 23.8 Å². The molecule has 0 amide bonds. The Morgan fingerprint density at radius 2 is 1.81 bits per heavy atom. The van der Waals surface area contributed by atoms with Crippen LogP contribution in [0.2, 0.25) is 0 Å². The van der Waals surface area contributed by atoms with Crippen molar-refractivity contribution in [3.05, 3.63) is 77.2 Å². The predicted molar refractivity (Wildman–Crippen MR) is 105 cm³/mol. The van der Waals surface area contributed by atoms with Gasteiger partial charge in [-0.1, -0.05) is 30.3 Å². The molecule has 0 aliphatic carbocycles. The van der Waals surface area contributed by atoms with Crippen LogP contribution in [0, 0.1) is 0 Å². The van der Waals surface area contributed by atoms with Crippen LogP contribution in [0.5, 0.6) is 11.5 Å². The molecule has 2 aromatic carbocycles. The number of anilines is 1. The monoisotopic (exact) mass is 366 g/mol. The van der Waals surface area contributed by atoms with E-state index in [4.69, 9.17) is 9.15 Å². The summed E-state index contributed by atoms with van der Waals surface area (Å²) >= 11 is 0. The fourth-order valence-corrected chi connectivity index (χ4v) is 2.80. The van der Waals surface area contributed by atoms with Crippen molar-refractivity contribution in [2.75, 3.05) is 19.5 Å². The van der Waals surface area contributed by atoms with E-state index in [1.165, 1.54) is 12.1 Å². The van der Waals surface area contributed by atoms with E-state index in [0.29, 0.717) is 41.6 Å². The Morgan fingerprint density at radius 1 is 1.07 bits per heavy atom. The first-order chi connectivity index (χ1) is 13.1. The van der Waals surface area contributed by atoms with Gasteiger partial charge in [-0.15, -0.1) is 0 Å². The lowest BCUT2D eigenvalue weighted by Crippen LogP contribution is -2.09. The molecule has 0 bridgehead atoms. The molecule has 0 spiro atoms. The van der Waals surface area contributed by atoms with Crippen LogP contribution < -0.4 is 5.32 Å². The summed E-state index contributed by atoms with van der Waals surface area (Å²) in [7, 11) is 3.25. The number of phenolic OH excluding ortho intramolecular Hbond substituents is 2. The summed E-state index contributed by atoms with van der Waals surface area (Å²) in [5.74, 6) is 0.803. The molecule has 27 heavy (non-hydrogen) atoms. The number of hydrogen-bond acceptors (Lipinski definition) is 6. The van der Waals surface area contributed by atoms with Gasteiger partial charge < -0.3 is 24.7 Å². The highest BCUT2D eigenvalue weighted by molar-refractivity contribution is 6.14. The first-order valence-corrected chi connectivity index (χ1v) is 8.51. The molecule has 0 aliphatic rings. The minimum absolute atomic E-state index is 0.204. The molecule has 1 aromatic heterocycles. The molecule has 0 fully saturated rings. The van der Waals surface area contributed by atoms with E-state index >= 15 is 0 Å². The van der Waals surface area contributed by atoms with Gasteiger partial charge in [-0.25, -0.2) is 0 Å². The van der Waals surface area contributed by atoms with Crippen molar-refractivity contribution in [3.8, 4) is 11.5 Å². The molecule has 0 radical (unpaired) electrons. The SMILES string of the molecule is CN=C(c1ccc(COC)o1)c1cc(O)c(O)cc1NCc1ccccc1. The molecule has 0 saturated carbocycles. The van der Waals surface area contributed by atoms with E-state index in [2.05, 4.69) is 10.3 Å². The molecule has 0 saturated heterocycles. The summed E-state index contributed by atoms with van der Waals surface area (Å²) in [4.78, 5) is 4.34. The minimum Gasteiger partial charge on any atom is -0.504 e. The number of nitrogens with zero attached hydrogens (tertiary/aromatic N) is 1. The maximum absolute atomic E-state index is 10.0. The van der Waals surface area contributed by atoms with Crippen LogP contribution in [0.3, 0.4) is 0 Å². The van der Waals surface area contributed by atoms with Crippen LogP contribution in [-0.4, -0.2) is 30.1 Å². The molecule has 140 valence electrons. The Hall–Kier alpha value is -3.25. The number of benzene rings is 2. The van der Waals surface area contributed by atoms with E-state index in [1.807, 2.05) is 42.5 Å². The van der Waals surface area contributed by atoms with Crippen molar-refractivity contribution in [2.24, 2.45) is 4.99 Å². The second-order valence-electron chi connectivity index (χ2n) is 6.00. The molecule has 6 nitrogen and oxygen atoms in total. The summed E-state index contributed by atoms with van der Waals surface area (Å²) in [6.07, 6.45) is 0. The third-order valence-electron chi connectivity index (χ3n) is 4.10. The number of furan rings is 1. The van der Waals surface area contributed by atoms with Gasteiger partial charge >= 0.3 is 0 Å². The zero-order valence-electron chi connectivity index (χ0n) is 15.3. The molecule has 3 rings (SSSR count). The molecular formula is C21H22N2O4. The average molecular weight is 366 g/mol. The van der Waals surface area contributed by atoms with Gasteiger partial charge in [-0.3, -0.25) is 4.99 Å². The largest absolute Gasteiger partial charge is 0.504 e. The second-order valence-corrected chi connectivity index (χ2v) is 6.00. The number of aromatic hydroxyl groups is 2. The number of ether oxygens (including phenoxy) is 1. The highest BCUT2D eigenvalue weighted by Gasteiger charge is 2.18. The molecule has 0 unspecified atom stereocenters. The molecule has 6 heteroatoms. The van der Waals surface area contributed by atoms with Gasteiger partial charge in [0.15, 0.2) is 17.3 Å². The Morgan fingerprint density at radius 3 is 2.52 bits per heavy atom. The number of rotatable bonds is 7. The minimum atomic E-state index is -0.222. The lowest BCUT2D eigenvalue weighted by molar-refractivity contribution is 0.164. The standard InChI is InChI=1S/C21H22N2O4/c1-22-21(20-9-8-15(27-20)13-26-2)16-10-18(24)19(25)11-17(16)23-12-14-6-4-3-5-7-14/h3-11,23-25H,12-13H2,1-2H3. The number of hydrogen-bond donors (Lipinski definition) is 3. The van der Waals surface area contributed by atoms with Crippen LogP contribution in [0.25, 0.3) is 0 Å².